The van der Waals surface area contributed by atoms with Gasteiger partial charge >= 0.3 is 11.9 Å². The van der Waals surface area contributed by atoms with Crippen LogP contribution in [-0.4, -0.2) is 82.3 Å². The highest BCUT2D eigenvalue weighted by molar-refractivity contribution is 5.70. The second kappa shape index (κ2) is 33.4. The van der Waals surface area contributed by atoms with Crippen LogP contribution in [0.5, 0.6) is 0 Å². The number of carboxylic acid groups (broad SMARTS) is 1. The number of ether oxygens (including phenoxy) is 4. The third-order valence-electron chi connectivity index (χ3n) is 8.85. The minimum atomic E-state index is -1.61. The Morgan fingerprint density at radius 2 is 0.918 bits per heavy atom. The molecular weight excluding hydrogens is 622 g/mol. The topological polar surface area (TPSA) is 111 Å². The van der Waals surface area contributed by atoms with Gasteiger partial charge in [-0.3, -0.25) is 9.59 Å². The molecular formula is C40H77NO8. The van der Waals surface area contributed by atoms with Gasteiger partial charge in [0.1, 0.15) is 13.2 Å². The van der Waals surface area contributed by atoms with Gasteiger partial charge in [-0.25, -0.2) is 0 Å². The maximum atomic E-state index is 12.7. The molecule has 2 unspecified atom stereocenters. The molecule has 0 bridgehead atoms. The van der Waals surface area contributed by atoms with E-state index in [0.29, 0.717) is 17.4 Å². The maximum absolute atomic E-state index is 12.7. The Kier molecular flexibility index (Phi) is 32.3. The van der Waals surface area contributed by atoms with Crippen molar-refractivity contribution >= 4 is 17.9 Å². The zero-order valence-corrected chi connectivity index (χ0v) is 32.6. The van der Waals surface area contributed by atoms with E-state index in [2.05, 4.69) is 13.8 Å². The molecule has 0 amide bonds. The van der Waals surface area contributed by atoms with E-state index >= 15 is 0 Å². The number of esters is 2. The van der Waals surface area contributed by atoms with Gasteiger partial charge in [-0.2, -0.15) is 0 Å². The van der Waals surface area contributed by atoms with Crippen molar-refractivity contribution in [1.29, 1.82) is 0 Å². The summed E-state index contributed by atoms with van der Waals surface area (Å²) in [5.74, 6) is -2.27. The summed E-state index contributed by atoms with van der Waals surface area (Å²) >= 11 is 0. The van der Waals surface area contributed by atoms with Gasteiger partial charge in [0.15, 0.2) is 12.4 Å². The van der Waals surface area contributed by atoms with Crippen molar-refractivity contribution in [2.24, 2.45) is 0 Å². The molecule has 9 heteroatoms. The van der Waals surface area contributed by atoms with Gasteiger partial charge in [0.05, 0.1) is 40.3 Å². The molecule has 0 aromatic rings. The summed E-state index contributed by atoms with van der Waals surface area (Å²) in [5, 5.41) is 11.6. The molecule has 0 radical (unpaired) electrons. The highest BCUT2D eigenvalue weighted by Crippen LogP contribution is 2.15. The van der Waals surface area contributed by atoms with Gasteiger partial charge in [0.25, 0.3) is 0 Å². The van der Waals surface area contributed by atoms with Gasteiger partial charge in [-0.1, -0.05) is 155 Å². The van der Waals surface area contributed by atoms with E-state index < -0.39 is 24.3 Å². The number of nitrogens with zero attached hydrogens (tertiary/aromatic N) is 1. The van der Waals surface area contributed by atoms with Crippen molar-refractivity contribution in [3.63, 3.8) is 0 Å². The summed E-state index contributed by atoms with van der Waals surface area (Å²) in [6.45, 7) is 4.73. The summed E-state index contributed by atoms with van der Waals surface area (Å²) in [6, 6.07) is 0. The Morgan fingerprint density at radius 1 is 0.531 bits per heavy atom. The maximum Gasteiger partial charge on any atom is 0.306 e. The van der Waals surface area contributed by atoms with Gasteiger partial charge in [0.2, 0.25) is 0 Å². The smallest absolute Gasteiger partial charge is 0.306 e. The quantitative estimate of drug-likeness (QED) is 0.0275. The number of hydrogen-bond donors (Lipinski definition) is 0. The van der Waals surface area contributed by atoms with Crippen LogP contribution in [0.1, 0.15) is 181 Å². The van der Waals surface area contributed by atoms with Crippen LogP contribution in [0.15, 0.2) is 0 Å². The van der Waals surface area contributed by atoms with Crippen LogP contribution in [0.2, 0.25) is 0 Å². The second-order valence-corrected chi connectivity index (χ2v) is 14.9. The normalized spacial score (nSPS) is 12.9. The van der Waals surface area contributed by atoms with Crippen molar-refractivity contribution in [1.82, 2.24) is 0 Å². The van der Waals surface area contributed by atoms with E-state index in [1.807, 2.05) is 21.1 Å². The van der Waals surface area contributed by atoms with Crippen LogP contribution in [0.4, 0.5) is 0 Å². The highest BCUT2D eigenvalue weighted by Gasteiger charge is 2.21. The Hall–Kier alpha value is -1.71. The molecule has 0 spiro atoms. The van der Waals surface area contributed by atoms with Crippen LogP contribution in [0.3, 0.4) is 0 Å². The molecule has 0 fully saturated rings. The number of quaternary nitrogens is 1. The monoisotopic (exact) mass is 700 g/mol. The first-order chi connectivity index (χ1) is 23.6. The minimum absolute atomic E-state index is 0.152. The molecule has 0 aromatic carbocycles. The van der Waals surface area contributed by atoms with Gasteiger partial charge in [0, 0.05) is 12.8 Å². The fourth-order valence-corrected chi connectivity index (χ4v) is 5.65. The van der Waals surface area contributed by atoms with Gasteiger partial charge < -0.3 is 33.3 Å². The lowest BCUT2D eigenvalue weighted by atomic mass is 10.0. The molecule has 0 saturated heterocycles. The van der Waals surface area contributed by atoms with Gasteiger partial charge in [-0.05, 0) is 12.8 Å². The molecule has 0 rings (SSSR count). The van der Waals surface area contributed by atoms with E-state index in [-0.39, 0.29) is 32.2 Å². The highest BCUT2D eigenvalue weighted by atomic mass is 16.7. The van der Waals surface area contributed by atoms with E-state index in [1.54, 1.807) is 0 Å². The number of aliphatic carboxylic acids is 1. The van der Waals surface area contributed by atoms with Crippen molar-refractivity contribution in [3.05, 3.63) is 0 Å². The molecule has 0 heterocycles. The fourth-order valence-electron chi connectivity index (χ4n) is 5.65. The SMILES string of the molecule is CCCCCCCCCCCCCCCCC(=O)OC(COC(=O)CCCCCCCCCCCC)COC(OCC[N+](C)(C)C)C(=O)[O-]. The fraction of sp³-hybridized carbons (Fsp3) is 0.925. The van der Waals surface area contributed by atoms with Crippen LogP contribution in [0, 0.1) is 0 Å². The van der Waals surface area contributed by atoms with Crippen LogP contribution in [-0.2, 0) is 33.3 Å². The molecule has 49 heavy (non-hydrogen) atoms. The van der Waals surface area contributed by atoms with E-state index in [0.717, 1.165) is 38.5 Å². The summed E-state index contributed by atoms with van der Waals surface area (Å²) in [6.07, 6.45) is 27.0. The zero-order chi connectivity index (χ0) is 36.4. The Balaban J connectivity index is 4.48. The molecule has 0 saturated carbocycles. The number of likely N-dealkylation sites (N-methyl/N-ethyl adjacent to an activating group) is 1. The number of carboxylic acids is 1. The molecule has 0 aliphatic rings. The van der Waals surface area contributed by atoms with Crippen molar-refractivity contribution in [2.45, 2.75) is 193 Å². The average molecular weight is 700 g/mol. The third-order valence-corrected chi connectivity index (χ3v) is 8.85. The predicted octanol–water partition coefficient (Wildman–Crippen LogP) is 8.44. The number of rotatable bonds is 37. The Bertz CT molecular complexity index is 785. The molecule has 9 nitrogen and oxygen atoms in total. The molecule has 2 atom stereocenters. The summed E-state index contributed by atoms with van der Waals surface area (Å²) in [4.78, 5) is 36.7. The number of unbranched alkanes of at least 4 members (excludes halogenated alkanes) is 22. The number of carbonyl (C=O) groups is 3. The van der Waals surface area contributed by atoms with Crippen molar-refractivity contribution in [3.8, 4) is 0 Å². The average Bonchev–Trinajstić information content (AvgIpc) is 3.05. The summed E-state index contributed by atoms with van der Waals surface area (Å²) in [7, 11) is 5.90. The van der Waals surface area contributed by atoms with E-state index in [4.69, 9.17) is 18.9 Å². The van der Waals surface area contributed by atoms with E-state index in [1.165, 1.54) is 116 Å². The van der Waals surface area contributed by atoms with Gasteiger partial charge in [-0.15, -0.1) is 0 Å². The van der Waals surface area contributed by atoms with Crippen LogP contribution in [0.25, 0.3) is 0 Å². The minimum Gasteiger partial charge on any atom is -0.545 e. The zero-order valence-electron chi connectivity index (χ0n) is 32.6. The second-order valence-electron chi connectivity index (χ2n) is 14.9. The molecule has 0 aliphatic heterocycles. The first-order valence-corrected chi connectivity index (χ1v) is 20.2. The lowest BCUT2D eigenvalue weighted by Gasteiger charge is -2.26. The predicted molar refractivity (Wildman–Crippen MR) is 196 cm³/mol. The van der Waals surface area contributed by atoms with Crippen molar-refractivity contribution < 1.29 is 42.9 Å². The molecule has 290 valence electrons. The first-order valence-electron chi connectivity index (χ1n) is 20.2. The lowest BCUT2D eigenvalue weighted by Crippen LogP contribution is -2.44. The van der Waals surface area contributed by atoms with Crippen LogP contribution < -0.4 is 5.11 Å². The Morgan fingerprint density at radius 3 is 1.31 bits per heavy atom. The summed E-state index contributed by atoms with van der Waals surface area (Å²) < 4.78 is 22.5. The lowest BCUT2D eigenvalue weighted by molar-refractivity contribution is -0.870. The van der Waals surface area contributed by atoms with E-state index in [9.17, 15) is 19.5 Å². The largest absolute Gasteiger partial charge is 0.545 e. The standard InChI is InChI=1S/C40H77NO8/c1-6-8-10-12-14-16-18-19-20-21-23-25-27-29-31-38(43)49-36(35-48-40(39(44)45)46-33-32-41(3,4)5)34-47-37(42)30-28-26-24-22-17-15-13-11-9-7-2/h36,40H,6-35H2,1-5H3. The molecule has 0 aromatic heterocycles. The molecule has 0 aliphatic carbocycles. The Labute approximate surface area is 301 Å². The first kappa shape index (κ1) is 47.3. The van der Waals surface area contributed by atoms with Crippen molar-refractivity contribution in [2.75, 3.05) is 47.5 Å². The number of hydrogen-bond acceptors (Lipinski definition) is 8. The third kappa shape index (κ3) is 34.5. The van der Waals surface area contributed by atoms with Crippen LogP contribution >= 0.6 is 0 Å². The molecule has 0 N–H and O–H groups in total. The summed E-state index contributed by atoms with van der Waals surface area (Å²) in [5.41, 5.74) is 0. The number of carbonyl (C=O) groups excluding carboxylic acids is 3.